The Morgan fingerprint density at radius 1 is 1.09 bits per heavy atom. The number of rotatable bonds is 7. The summed E-state index contributed by atoms with van der Waals surface area (Å²) in [5, 5.41) is 23.6. The first-order valence-corrected chi connectivity index (χ1v) is 9.84. The summed E-state index contributed by atoms with van der Waals surface area (Å²) in [4.78, 5) is 3.82. The Hall–Kier alpha value is -3.87. The third kappa shape index (κ3) is 4.88. The Morgan fingerprint density at radius 3 is 2.44 bits per heavy atom. The van der Waals surface area contributed by atoms with Crippen molar-refractivity contribution in [1.82, 2.24) is 29.8 Å². The fraction of sp³-hybridized carbons (Fsp3) is 0.238. The van der Waals surface area contributed by atoms with Crippen molar-refractivity contribution in [3.8, 4) is 11.4 Å². The second kappa shape index (κ2) is 8.82. The molecule has 2 aromatic heterocycles. The fourth-order valence-electron chi connectivity index (χ4n) is 3.50. The van der Waals surface area contributed by atoms with Gasteiger partial charge in [0.2, 0.25) is 0 Å². The molecule has 0 amide bonds. The van der Waals surface area contributed by atoms with Crippen molar-refractivity contribution in [3.05, 3.63) is 84.2 Å². The smallest absolute Gasteiger partial charge is 0.406 e. The standard InChI is InChI=1S/C21H17F5N6O2/c1-13(19-9-32(30-29-19)15-3-5-16(6-4-15)34-21(24,25)26)20(33,10-31-12-27-11-28-31)17-7-2-14(22)8-18(17)23/h2-9,11-13,33H,10H2,1H3/t13-,20+/m0/s1. The van der Waals surface area contributed by atoms with Gasteiger partial charge in [-0.25, -0.2) is 23.1 Å². The Balaban J connectivity index is 1.66. The lowest BCUT2D eigenvalue weighted by Crippen LogP contribution is -2.38. The molecule has 2 heterocycles. The molecule has 0 saturated carbocycles. The fourth-order valence-corrected chi connectivity index (χ4v) is 3.50. The van der Waals surface area contributed by atoms with Gasteiger partial charge in [0.15, 0.2) is 0 Å². The van der Waals surface area contributed by atoms with Gasteiger partial charge in [-0.05, 0) is 30.3 Å². The summed E-state index contributed by atoms with van der Waals surface area (Å²) in [6.45, 7) is 1.35. The van der Waals surface area contributed by atoms with Crippen molar-refractivity contribution in [1.29, 1.82) is 0 Å². The van der Waals surface area contributed by atoms with Crippen LogP contribution >= 0.6 is 0 Å². The zero-order valence-corrected chi connectivity index (χ0v) is 17.5. The van der Waals surface area contributed by atoms with Crippen molar-refractivity contribution < 1.29 is 31.8 Å². The maximum Gasteiger partial charge on any atom is 0.573 e. The molecule has 0 saturated heterocycles. The van der Waals surface area contributed by atoms with E-state index in [-0.39, 0.29) is 17.8 Å². The summed E-state index contributed by atoms with van der Waals surface area (Å²) in [7, 11) is 0. The minimum absolute atomic E-state index is 0.180. The maximum atomic E-state index is 14.7. The van der Waals surface area contributed by atoms with E-state index in [1.807, 2.05) is 0 Å². The van der Waals surface area contributed by atoms with E-state index in [2.05, 4.69) is 25.1 Å². The summed E-state index contributed by atoms with van der Waals surface area (Å²) in [6.07, 6.45) is -0.797. The average Bonchev–Trinajstić information content (AvgIpc) is 3.44. The zero-order chi connectivity index (χ0) is 24.5. The summed E-state index contributed by atoms with van der Waals surface area (Å²) >= 11 is 0. The van der Waals surface area contributed by atoms with Crippen molar-refractivity contribution in [3.63, 3.8) is 0 Å². The van der Waals surface area contributed by atoms with E-state index in [4.69, 9.17) is 0 Å². The molecule has 0 aliphatic rings. The second-order valence-electron chi connectivity index (χ2n) is 7.49. The number of ether oxygens (including phenoxy) is 1. The molecular formula is C21H17F5N6O2. The minimum Gasteiger partial charge on any atom is -0.406 e. The predicted octanol–water partition coefficient (Wildman–Crippen LogP) is 3.73. The molecule has 0 bridgehead atoms. The van der Waals surface area contributed by atoms with Crippen molar-refractivity contribution >= 4 is 0 Å². The number of aliphatic hydroxyl groups is 1. The van der Waals surface area contributed by atoms with Crippen LogP contribution < -0.4 is 4.74 Å². The highest BCUT2D eigenvalue weighted by Crippen LogP contribution is 2.39. The molecule has 2 aromatic carbocycles. The third-order valence-electron chi connectivity index (χ3n) is 5.27. The van der Waals surface area contributed by atoms with Crippen molar-refractivity contribution in [2.24, 2.45) is 0 Å². The summed E-state index contributed by atoms with van der Waals surface area (Å²) in [6, 6.07) is 7.73. The molecule has 4 aromatic rings. The quantitative estimate of drug-likeness (QED) is 0.406. The van der Waals surface area contributed by atoms with Crippen molar-refractivity contribution in [2.75, 3.05) is 0 Å². The molecule has 2 atom stereocenters. The Labute approximate surface area is 189 Å². The van der Waals surface area contributed by atoms with E-state index in [0.717, 1.165) is 24.3 Å². The lowest BCUT2D eigenvalue weighted by Gasteiger charge is -2.33. The van der Waals surface area contributed by atoms with Gasteiger partial charge in [0, 0.05) is 17.5 Å². The topological polar surface area (TPSA) is 90.9 Å². The Bertz CT molecular complexity index is 1260. The van der Waals surface area contributed by atoms with Gasteiger partial charge in [0.25, 0.3) is 0 Å². The molecule has 0 aliphatic carbocycles. The molecule has 0 unspecified atom stereocenters. The normalized spacial score (nSPS) is 14.6. The first kappa shape index (κ1) is 23.3. The lowest BCUT2D eigenvalue weighted by molar-refractivity contribution is -0.274. The second-order valence-corrected chi connectivity index (χ2v) is 7.49. The molecule has 8 nitrogen and oxygen atoms in total. The zero-order valence-electron chi connectivity index (χ0n) is 17.5. The van der Waals surface area contributed by atoms with E-state index in [0.29, 0.717) is 11.8 Å². The van der Waals surface area contributed by atoms with Crippen LogP contribution in [-0.2, 0) is 12.1 Å². The lowest BCUT2D eigenvalue weighted by atomic mass is 9.80. The summed E-state index contributed by atoms with van der Waals surface area (Å²) in [5.74, 6) is -3.04. The summed E-state index contributed by atoms with van der Waals surface area (Å²) < 4.78 is 71.7. The average molecular weight is 480 g/mol. The number of aromatic nitrogens is 6. The SMILES string of the molecule is C[C@@H](c1cn(-c2ccc(OC(F)(F)F)cc2)nn1)[C@](O)(Cn1cncn1)c1ccc(F)cc1F. The molecular weight excluding hydrogens is 463 g/mol. The van der Waals surface area contributed by atoms with Crippen LogP contribution in [0.4, 0.5) is 22.0 Å². The number of nitrogens with zero attached hydrogens (tertiary/aromatic N) is 6. The Kier molecular flexibility index (Phi) is 6.04. The molecule has 1 N–H and O–H groups in total. The monoisotopic (exact) mass is 480 g/mol. The molecule has 0 radical (unpaired) electrons. The predicted molar refractivity (Wildman–Crippen MR) is 107 cm³/mol. The van der Waals surface area contributed by atoms with Crippen LogP contribution in [0.1, 0.15) is 24.1 Å². The van der Waals surface area contributed by atoms with Gasteiger partial charge < -0.3 is 9.84 Å². The van der Waals surface area contributed by atoms with E-state index in [1.165, 1.54) is 40.3 Å². The van der Waals surface area contributed by atoms with Crippen LogP contribution in [0.3, 0.4) is 0 Å². The van der Waals surface area contributed by atoms with Gasteiger partial charge in [0.05, 0.1) is 24.1 Å². The van der Waals surface area contributed by atoms with Gasteiger partial charge in [-0.2, -0.15) is 5.10 Å². The van der Waals surface area contributed by atoms with E-state index in [9.17, 15) is 27.1 Å². The van der Waals surface area contributed by atoms with Gasteiger partial charge in [0.1, 0.15) is 35.6 Å². The molecule has 0 fully saturated rings. The minimum atomic E-state index is -4.82. The number of benzene rings is 2. The van der Waals surface area contributed by atoms with E-state index in [1.54, 1.807) is 6.92 Å². The highest BCUT2D eigenvalue weighted by Gasteiger charge is 2.41. The van der Waals surface area contributed by atoms with Crippen LogP contribution in [-0.4, -0.2) is 41.2 Å². The van der Waals surface area contributed by atoms with Crippen LogP contribution in [0.5, 0.6) is 5.75 Å². The highest BCUT2D eigenvalue weighted by molar-refractivity contribution is 5.37. The van der Waals surface area contributed by atoms with Gasteiger partial charge >= 0.3 is 6.36 Å². The maximum absolute atomic E-state index is 14.7. The van der Waals surface area contributed by atoms with Crippen LogP contribution in [0.15, 0.2) is 61.3 Å². The molecule has 0 aliphatic heterocycles. The van der Waals surface area contributed by atoms with Crippen molar-refractivity contribution in [2.45, 2.75) is 31.3 Å². The van der Waals surface area contributed by atoms with Crippen LogP contribution in [0, 0.1) is 11.6 Å². The molecule has 0 spiro atoms. The number of hydrogen-bond acceptors (Lipinski definition) is 6. The van der Waals surface area contributed by atoms with Crippen LogP contribution in [0.2, 0.25) is 0 Å². The third-order valence-corrected chi connectivity index (χ3v) is 5.27. The van der Waals surface area contributed by atoms with Gasteiger partial charge in [-0.1, -0.05) is 18.2 Å². The van der Waals surface area contributed by atoms with Gasteiger partial charge in [-0.3, -0.25) is 0 Å². The summed E-state index contributed by atoms with van der Waals surface area (Å²) in [5.41, 5.74) is -1.51. The number of hydrogen-bond donors (Lipinski definition) is 1. The Morgan fingerprint density at radius 2 is 1.82 bits per heavy atom. The van der Waals surface area contributed by atoms with E-state index < -0.39 is 35.3 Å². The molecule has 178 valence electrons. The largest absolute Gasteiger partial charge is 0.573 e. The number of alkyl halides is 3. The van der Waals surface area contributed by atoms with E-state index >= 15 is 0 Å². The molecule has 4 rings (SSSR count). The molecule has 13 heteroatoms. The first-order valence-electron chi connectivity index (χ1n) is 9.84. The molecule has 34 heavy (non-hydrogen) atoms. The highest BCUT2D eigenvalue weighted by atomic mass is 19.4. The van der Waals surface area contributed by atoms with Gasteiger partial charge in [-0.15, -0.1) is 18.3 Å². The van der Waals surface area contributed by atoms with Crippen LogP contribution in [0.25, 0.3) is 5.69 Å². The number of halogens is 5. The first-order chi connectivity index (χ1) is 16.0.